The molecule has 12 aromatic rings. The van der Waals surface area contributed by atoms with Crippen molar-refractivity contribution in [3.63, 3.8) is 0 Å². The Balaban J connectivity index is 0.000000508. The lowest BCUT2D eigenvalue weighted by Gasteiger charge is -2.19. The maximum absolute atomic E-state index is 9.21. The summed E-state index contributed by atoms with van der Waals surface area (Å²) in [5.41, 5.74) is 9.12. The number of benzene rings is 3. The molecule has 0 bridgehead atoms. The highest BCUT2D eigenvalue weighted by molar-refractivity contribution is 7.28. The monoisotopic (exact) mass is 1280 g/mol. The zero-order chi connectivity index (χ0) is 66.1. The van der Waals surface area contributed by atoms with Crippen molar-refractivity contribution in [3.8, 4) is 18.2 Å². The summed E-state index contributed by atoms with van der Waals surface area (Å²) in [6.07, 6.45) is 8.13. The minimum Gasteiger partial charge on any atom is -0.349 e. The fourth-order valence-corrected chi connectivity index (χ4v) is 14.8. The molecular weight excluding hydrogens is 1180 g/mol. The van der Waals surface area contributed by atoms with Crippen LogP contribution in [0.3, 0.4) is 0 Å². The van der Waals surface area contributed by atoms with Crippen LogP contribution < -0.4 is 0 Å². The van der Waals surface area contributed by atoms with Crippen molar-refractivity contribution in [3.05, 3.63) is 174 Å². The van der Waals surface area contributed by atoms with Gasteiger partial charge in [-0.2, -0.15) is 15.8 Å². The molecule has 12 heteroatoms. The molecule has 6 nitrogen and oxygen atoms in total. The highest BCUT2D eigenvalue weighted by Gasteiger charge is 2.17. The SMILES string of the molecule is CC.CC.CC.CC.CC.CC.CC(C)c1cc(C#N)c2c(ccn2C)c1.CC(C)c1cc2sccc2s1.CCc1cc(C#N)c2c(ccn2C)c1.CCc1cc2sccc2s1.Cc1cc2sccc2s1.Cn1ccc2cc(C(C)(C)C)cc(C#N)c21. The molecule has 0 radical (unpaired) electrons. The van der Waals surface area contributed by atoms with E-state index in [1.54, 1.807) is 0 Å². The number of thiophene rings is 6. The third-order valence-electron chi connectivity index (χ3n) is 12.8. The third-order valence-corrected chi connectivity index (χ3v) is 19.5. The topological polar surface area (TPSA) is 86.2 Å². The number of nitrogens with zero attached hydrogens (tertiary/aromatic N) is 6. The molecule has 0 spiro atoms. The van der Waals surface area contributed by atoms with Crippen molar-refractivity contribution >= 4 is 129 Å². The average Bonchev–Trinajstić information content (AvgIpc) is 3.95. The molecule has 9 aromatic heterocycles. The fraction of sp³-hybridized carbons (Fsp3) is 0.400. The predicted molar refractivity (Wildman–Crippen MR) is 400 cm³/mol. The summed E-state index contributed by atoms with van der Waals surface area (Å²) in [4.78, 5) is 4.42. The lowest BCUT2D eigenvalue weighted by atomic mass is 9.85. The first-order valence-corrected chi connectivity index (χ1v) is 36.3. The van der Waals surface area contributed by atoms with Crippen molar-refractivity contribution in [1.82, 2.24) is 13.7 Å². The number of rotatable bonds is 4. The zero-order valence-corrected chi connectivity index (χ0v) is 62.2. The first-order valence-electron chi connectivity index (χ1n) is 31.2. The van der Waals surface area contributed by atoms with E-state index in [9.17, 15) is 5.26 Å². The van der Waals surface area contributed by atoms with Crippen LogP contribution in [0.5, 0.6) is 0 Å². The van der Waals surface area contributed by atoms with Crippen LogP contribution in [0.2, 0.25) is 0 Å². The van der Waals surface area contributed by atoms with E-state index in [-0.39, 0.29) is 5.41 Å². The predicted octanol–water partition coefficient (Wildman–Crippen LogP) is 26.2. The molecule has 12 rings (SSSR count). The second-order valence-electron chi connectivity index (χ2n) is 20.1. The molecule has 0 aliphatic heterocycles. The molecule has 0 saturated heterocycles. The van der Waals surface area contributed by atoms with Gasteiger partial charge in [0, 0.05) is 98.7 Å². The maximum Gasteiger partial charge on any atom is 0.101 e. The summed E-state index contributed by atoms with van der Waals surface area (Å²) >= 11 is 11.2. The van der Waals surface area contributed by atoms with E-state index in [1.807, 2.05) is 223 Å². The number of aromatic nitrogens is 3. The third kappa shape index (κ3) is 22.4. The van der Waals surface area contributed by atoms with Gasteiger partial charge in [-0.1, -0.05) is 145 Å². The Bertz CT molecular complexity index is 3880. The Morgan fingerprint density at radius 3 is 1.23 bits per heavy atom. The molecule has 0 unspecified atom stereocenters. The smallest absolute Gasteiger partial charge is 0.101 e. The quantitative estimate of drug-likeness (QED) is 0.176. The highest BCUT2D eigenvalue weighted by Crippen LogP contribution is 2.35. The molecule has 0 aliphatic carbocycles. The second-order valence-corrected chi connectivity index (χ2v) is 26.5. The summed E-state index contributed by atoms with van der Waals surface area (Å²) in [6.45, 7) is 45.7. The summed E-state index contributed by atoms with van der Waals surface area (Å²) in [5, 5.41) is 37.3. The molecular formula is C75H102N6S6. The van der Waals surface area contributed by atoms with Crippen LogP contribution in [0.1, 0.15) is 205 Å². The van der Waals surface area contributed by atoms with E-state index in [1.165, 1.54) is 65.9 Å². The summed E-state index contributed by atoms with van der Waals surface area (Å²) in [7, 11) is 5.91. The van der Waals surface area contributed by atoms with Gasteiger partial charge in [-0.25, -0.2) is 0 Å². The van der Waals surface area contributed by atoms with E-state index in [4.69, 9.17) is 10.5 Å². The van der Waals surface area contributed by atoms with Crippen molar-refractivity contribution in [2.24, 2.45) is 21.1 Å². The Morgan fingerprint density at radius 2 is 0.839 bits per heavy atom. The lowest BCUT2D eigenvalue weighted by molar-refractivity contribution is 0.591. The highest BCUT2D eigenvalue weighted by atomic mass is 32.1. The van der Waals surface area contributed by atoms with Gasteiger partial charge in [0.1, 0.15) is 18.2 Å². The lowest BCUT2D eigenvalue weighted by Crippen LogP contribution is -2.11. The van der Waals surface area contributed by atoms with Crippen LogP contribution in [0.15, 0.2) is 126 Å². The maximum atomic E-state index is 9.21. The summed E-state index contributed by atoms with van der Waals surface area (Å²) in [5.74, 6) is 1.14. The van der Waals surface area contributed by atoms with Gasteiger partial charge < -0.3 is 13.7 Å². The zero-order valence-electron chi connectivity index (χ0n) is 57.3. The van der Waals surface area contributed by atoms with Gasteiger partial charge in [-0.15, -0.1) is 68.0 Å². The number of fused-ring (bicyclic) bond motifs is 6. The van der Waals surface area contributed by atoms with E-state index < -0.39 is 0 Å². The molecule has 0 N–H and O–H groups in total. The number of hydrogen-bond donors (Lipinski definition) is 0. The normalized spacial score (nSPS) is 9.93. The van der Waals surface area contributed by atoms with Gasteiger partial charge in [-0.05, 0) is 161 Å². The van der Waals surface area contributed by atoms with Crippen LogP contribution in [0.4, 0.5) is 0 Å². The van der Waals surface area contributed by atoms with Crippen molar-refractivity contribution in [2.75, 3.05) is 0 Å². The number of hydrogen-bond acceptors (Lipinski definition) is 9. The Hall–Kier alpha value is -6.27. The molecule has 0 amide bonds. The van der Waals surface area contributed by atoms with Gasteiger partial charge in [0.15, 0.2) is 0 Å². The fourth-order valence-electron chi connectivity index (χ4n) is 8.59. The summed E-state index contributed by atoms with van der Waals surface area (Å²) < 4.78 is 14.6. The Labute approximate surface area is 549 Å². The number of aryl methyl sites for hydroxylation is 6. The van der Waals surface area contributed by atoms with Crippen LogP contribution >= 0.6 is 68.0 Å². The van der Waals surface area contributed by atoms with Crippen molar-refractivity contribution < 1.29 is 0 Å². The van der Waals surface area contributed by atoms with E-state index in [0.717, 1.165) is 55.8 Å². The van der Waals surface area contributed by atoms with Crippen molar-refractivity contribution in [2.45, 2.75) is 182 Å². The van der Waals surface area contributed by atoms with Gasteiger partial charge in [0.05, 0.1) is 33.2 Å². The minimum absolute atomic E-state index is 0.0790. The molecule has 3 aromatic carbocycles. The first kappa shape index (κ1) is 78.7. The Morgan fingerprint density at radius 1 is 0.437 bits per heavy atom. The second kappa shape index (κ2) is 41.0. The van der Waals surface area contributed by atoms with Gasteiger partial charge >= 0.3 is 0 Å². The van der Waals surface area contributed by atoms with E-state index in [2.05, 4.69) is 176 Å². The minimum atomic E-state index is 0.0790. The molecule has 9 heterocycles. The van der Waals surface area contributed by atoms with E-state index >= 15 is 0 Å². The van der Waals surface area contributed by atoms with E-state index in [0.29, 0.717) is 11.8 Å². The van der Waals surface area contributed by atoms with Crippen molar-refractivity contribution in [1.29, 1.82) is 15.8 Å². The molecule has 87 heavy (non-hydrogen) atoms. The van der Waals surface area contributed by atoms with Crippen LogP contribution in [-0.2, 0) is 39.4 Å². The molecule has 0 aliphatic rings. The molecule has 468 valence electrons. The standard InChI is InChI=1S/C14H16N2.C13H14N2.C12H12N2.C9H10S2.C8H8S2.C7H6S2.6C2H6/c1-14(2,3)12-7-10-5-6-16(4)13(10)11(8-12)9-15;1-9(2)11-6-10-4-5-15(3)13(10)12(7-11)8-14;1-3-9-6-10-4-5-14(2)12(10)11(7-9)8-13;1-6(2)8-5-9-7(11-8)3-4-10-9;1-2-6-5-8-7(10-6)3-4-9-8;1-5-4-7-6(9-5)2-3-8-7;6*1-2/h5-8H,1-4H3;4-7,9H,1-3H3;4-7H,3H2,1-2H3;3-6H,1-2H3;3-5H,2H2,1H3;2-4H,1H3;6*1-2H3. The average molecular weight is 1280 g/mol. The van der Waals surface area contributed by atoms with Crippen LogP contribution in [0, 0.1) is 40.9 Å². The van der Waals surface area contributed by atoms with Gasteiger partial charge in [0.25, 0.3) is 0 Å². The van der Waals surface area contributed by atoms with Gasteiger partial charge in [-0.3, -0.25) is 0 Å². The first-order chi connectivity index (χ1) is 41.8. The molecule has 0 saturated carbocycles. The molecule has 0 atom stereocenters. The largest absolute Gasteiger partial charge is 0.349 e. The number of nitriles is 3. The summed E-state index contributed by atoms with van der Waals surface area (Å²) in [6, 6.07) is 38.9. The molecule has 0 fully saturated rings. The van der Waals surface area contributed by atoms with Gasteiger partial charge in [0.2, 0.25) is 0 Å². The van der Waals surface area contributed by atoms with Crippen LogP contribution in [-0.4, -0.2) is 13.7 Å². The Kier molecular flexibility index (Phi) is 37.1. The van der Waals surface area contributed by atoms with Crippen LogP contribution in [0.25, 0.3) is 60.9 Å².